The molecule has 2 aromatic carbocycles. The van der Waals surface area contributed by atoms with Gasteiger partial charge in [-0.25, -0.2) is 9.07 Å². The third kappa shape index (κ3) is 4.36. The van der Waals surface area contributed by atoms with Gasteiger partial charge in [-0.05, 0) is 78.2 Å². The molecule has 3 rings (SSSR count). The number of aromatic nitrogens is 2. The number of carbonyl (C=O) groups is 1. The van der Waals surface area contributed by atoms with Crippen molar-refractivity contribution in [2.24, 2.45) is 0 Å². The summed E-state index contributed by atoms with van der Waals surface area (Å²) in [4.78, 5) is 24.9. The highest BCUT2D eigenvalue weighted by atomic mass is 79.9. The molecule has 27 heavy (non-hydrogen) atoms. The molecule has 0 spiro atoms. The number of hydrogen-bond acceptors (Lipinski definition) is 2. The lowest BCUT2D eigenvalue weighted by atomic mass is 10.1. The van der Waals surface area contributed by atoms with E-state index in [1.807, 2.05) is 25.1 Å². The molecule has 7 heteroatoms. The summed E-state index contributed by atoms with van der Waals surface area (Å²) in [7, 11) is 0. The van der Waals surface area contributed by atoms with E-state index in [0.717, 1.165) is 10.0 Å². The van der Waals surface area contributed by atoms with E-state index in [1.165, 1.54) is 28.9 Å². The Morgan fingerprint density at radius 3 is 2.56 bits per heavy atom. The smallest absolute Gasteiger partial charge is 0.274 e. The number of hydrogen-bond donors (Lipinski definition) is 2. The van der Waals surface area contributed by atoms with Gasteiger partial charge in [0.15, 0.2) is 0 Å². The maximum Gasteiger partial charge on any atom is 0.274 e. The third-order valence-electron chi connectivity index (χ3n) is 4.28. The van der Waals surface area contributed by atoms with Gasteiger partial charge in [-0.1, -0.05) is 6.07 Å². The molecule has 0 aliphatic heterocycles. The number of rotatable bonds is 5. The number of carbonyl (C=O) groups excluding carboxylic acids is 1. The maximum atomic E-state index is 13.1. The van der Waals surface area contributed by atoms with Crippen molar-refractivity contribution in [3.8, 4) is 5.69 Å². The third-order valence-corrected chi connectivity index (χ3v) is 4.94. The highest BCUT2D eigenvalue weighted by Gasteiger charge is 2.14. The molecule has 0 radical (unpaired) electrons. The number of anilines is 1. The molecular weight excluding hydrogens is 413 g/mol. The zero-order valence-corrected chi connectivity index (χ0v) is 16.6. The molecule has 3 aromatic rings. The van der Waals surface area contributed by atoms with Gasteiger partial charge >= 0.3 is 0 Å². The van der Waals surface area contributed by atoms with Gasteiger partial charge in [0.2, 0.25) is 5.91 Å². The van der Waals surface area contributed by atoms with Gasteiger partial charge in [-0.15, -0.1) is 0 Å². The van der Waals surface area contributed by atoms with Crippen molar-refractivity contribution < 1.29 is 9.18 Å². The van der Waals surface area contributed by atoms with Crippen molar-refractivity contribution in [2.75, 3.05) is 5.32 Å². The van der Waals surface area contributed by atoms with Crippen LogP contribution in [0.4, 0.5) is 10.1 Å². The molecule has 1 aromatic heterocycles. The number of H-pyrrole nitrogens is 1. The first-order valence-electron chi connectivity index (χ1n) is 8.47. The number of halogens is 2. The number of nitrogens with one attached hydrogen (secondary N) is 2. The van der Waals surface area contributed by atoms with Gasteiger partial charge in [0.05, 0.1) is 11.4 Å². The molecule has 0 aliphatic carbocycles. The number of amides is 1. The quantitative estimate of drug-likeness (QED) is 0.633. The Labute approximate surface area is 164 Å². The van der Waals surface area contributed by atoms with Gasteiger partial charge in [0.25, 0.3) is 5.56 Å². The predicted octanol–water partition coefficient (Wildman–Crippen LogP) is 4.26. The molecule has 140 valence electrons. The zero-order valence-electron chi connectivity index (χ0n) is 15.0. The van der Waals surface area contributed by atoms with Gasteiger partial charge in [0, 0.05) is 22.2 Å². The monoisotopic (exact) mass is 431 g/mol. The fourth-order valence-corrected chi connectivity index (χ4v) is 3.41. The van der Waals surface area contributed by atoms with Crippen molar-refractivity contribution in [1.82, 2.24) is 9.78 Å². The van der Waals surface area contributed by atoms with Crippen LogP contribution in [-0.4, -0.2) is 15.7 Å². The van der Waals surface area contributed by atoms with Crippen LogP contribution >= 0.6 is 15.9 Å². The Morgan fingerprint density at radius 1 is 1.19 bits per heavy atom. The molecule has 1 heterocycles. The van der Waals surface area contributed by atoms with Gasteiger partial charge < -0.3 is 5.32 Å². The molecule has 1 amide bonds. The zero-order chi connectivity index (χ0) is 19.6. The topological polar surface area (TPSA) is 66.9 Å². The minimum atomic E-state index is -0.366. The fourth-order valence-electron chi connectivity index (χ4n) is 2.82. The van der Waals surface area contributed by atoms with Crippen LogP contribution in [0.2, 0.25) is 0 Å². The summed E-state index contributed by atoms with van der Waals surface area (Å²) in [6.07, 6.45) is 0.488. The molecular formula is C20H19BrFN3O2. The molecule has 0 saturated heterocycles. The average molecular weight is 432 g/mol. The second-order valence-corrected chi connectivity index (χ2v) is 7.22. The Balaban J connectivity index is 1.72. The van der Waals surface area contributed by atoms with E-state index < -0.39 is 0 Å². The summed E-state index contributed by atoms with van der Waals surface area (Å²) < 4.78 is 15.3. The van der Waals surface area contributed by atoms with E-state index in [1.54, 1.807) is 6.92 Å². The summed E-state index contributed by atoms with van der Waals surface area (Å²) >= 11 is 3.43. The molecule has 2 N–H and O–H groups in total. The Bertz CT molecular complexity index is 1040. The number of benzene rings is 2. The van der Waals surface area contributed by atoms with E-state index in [-0.39, 0.29) is 23.7 Å². The van der Waals surface area contributed by atoms with Crippen LogP contribution in [0, 0.1) is 19.7 Å². The average Bonchev–Trinajstić information content (AvgIpc) is 2.90. The summed E-state index contributed by atoms with van der Waals surface area (Å²) in [5, 5.41) is 5.82. The van der Waals surface area contributed by atoms with Gasteiger partial charge in [-0.3, -0.25) is 14.7 Å². The lowest BCUT2D eigenvalue weighted by Crippen LogP contribution is -2.19. The van der Waals surface area contributed by atoms with Crippen LogP contribution < -0.4 is 10.9 Å². The second kappa shape index (κ2) is 7.92. The van der Waals surface area contributed by atoms with E-state index >= 15 is 0 Å². The van der Waals surface area contributed by atoms with E-state index in [4.69, 9.17) is 0 Å². The summed E-state index contributed by atoms with van der Waals surface area (Å²) in [6, 6.07) is 11.3. The standard InChI is InChI=1S/C20H19BrFN3O2/c1-12-3-9-18(17(21)11-12)23-19(26)10-8-16-13(2)24-25(20(16)27)15-6-4-14(22)5-7-15/h3-7,9,11,24H,8,10H2,1-2H3,(H,23,26). The number of aromatic amines is 1. The maximum absolute atomic E-state index is 13.1. The molecule has 5 nitrogen and oxygen atoms in total. The van der Waals surface area contributed by atoms with Crippen molar-refractivity contribution in [1.29, 1.82) is 0 Å². The molecule has 0 fully saturated rings. The van der Waals surface area contributed by atoms with Crippen LogP contribution in [0.3, 0.4) is 0 Å². The SMILES string of the molecule is Cc1ccc(NC(=O)CCc2c(C)[nH]n(-c3ccc(F)cc3)c2=O)c(Br)c1. The van der Waals surface area contributed by atoms with Gasteiger partial charge in [-0.2, -0.15) is 0 Å². The minimum Gasteiger partial charge on any atom is -0.325 e. The highest BCUT2D eigenvalue weighted by molar-refractivity contribution is 9.10. The first kappa shape index (κ1) is 19.1. The van der Waals surface area contributed by atoms with Crippen LogP contribution in [-0.2, 0) is 11.2 Å². The van der Waals surface area contributed by atoms with Crippen LogP contribution in [0.15, 0.2) is 51.7 Å². The molecule has 0 bridgehead atoms. The van der Waals surface area contributed by atoms with Crippen molar-refractivity contribution >= 4 is 27.5 Å². The first-order valence-corrected chi connectivity index (χ1v) is 9.27. The largest absolute Gasteiger partial charge is 0.325 e. The molecule has 0 atom stereocenters. The van der Waals surface area contributed by atoms with E-state index in [9.17, 15) is 14.0 Å². The number of nitrogens with zero attached hydrogens (tertiary/aromatic N) is 1. The van der Waals surface area contributed by atoms with Crippen molar-refractivity contribution in [2.45, 2.75) is 26.7 Å². The minimum absolute atomic E-state index is 0.173. The van der Waals surface area contributed by atoms with E-state index in [0.29, 0.717) is 29.1 Å². The van der Waals surface area contributed by atoms with Crippen molar-refractivity contribution in [3.63, 3.8) is 0 Å². The lowest BCUT2D eigenvalue weighted by molar-refractivity contribution is -0.116. The Kier molecular flexibility index (Phi) is 5.60. The summed E-state index contributed by atoms with van der Waals surface area (Å²) in [6.45, 7) is 3.75. The van der Waals surface area contributed by atoms with Crippen LogP contribution in [0.25, 0.3) is 5.69 Å². The van der Waals surface area contributed by atoms with Crippen LogP contribution in [0.1, 0.15) is 23.2 Å². The molecule has 0 unspecified atom stereocenters. The Hall–Kier alpha value is -2.67. The van der Waals surface area contributed by atoms with E-state index in [2.05, 4.69) is 26.3 Å². The van der Waals surface area contributed by atoms with Crippen molar-refractivity contribution in [3.05, 3.63) is 79.9 Å². The fraction of sp³-hybridized carbons (Fsp3) is 0.200. The molecule has 0 saturated carbocycles. The normalized spacial score (nSPS) is 10.8. The number of aryl methyl sites for hydroxylation is 2. The van der Waals surface area contributed by atoms with Crippen LogP contribution in [0.5, 0.6) is 0 Å². The predicted molar refractivity (Wildman–Crippen MR) is 107 cm³/mol. The summed E-state index contributed by atoms with van der Waals surface area (Å²) in [5.74, 6) is -0.540. The Morgan fingerprint density at radius 2 is 1.89 bits per heavy atom. The molecule has 0 aliphatic rings. The first-order chi connectivity index (χ1) is 12.8. The second-order valence-electron chi connectivity index (χ2n) is 6.36. The summed E-state index contributed by atoms with van der Waals surface area (Å²) in [5.41, 5.74) is 3.32. The lowest BCUT2D eigenvalue weighted by Gasteiger charge is -2.07. The van der Waals surface area contributed by atoms with Gasteiger partial charge in [0.1, 0.15) is 5.82 Å². The highest BCUT2D eigenvalue weighted by Crippen LogP contribution is 2.23.